The van der Waals surface area contributed by atoms with E-state index in [0.29, 0.717) is 25.6 Å². The van der Waals surface area contributed by atoms with E-state index in [1.807, 2.05) is 26.0 Å². The van der Waals surface area contributed by atoms with Gasteiger partial charge < -0.3 is 19.9 Å². The third-order valence-corrected chi connectivity index (χ3v) is 3.19. The molecular formula is C14H21NO3. The first kappa shape index (κ1) is 13.3. The second-order valence-corrected chi connectivity index (χ2v) is 4.76. The zero-order valence-electron chi connectivity index (χ0n) is 11.0. The zero-order chi connectivity index (χ0) is 13.0. The summed E-state index contributed by atoms with van der Waals surface area (Å²) in [4.78, 5) is 0. The van der Waals surface area contributed by atoms with Gasteiger partial charge in [-0.2, -0.15) is 0 Å². The molecule has 0 aliphatic carbocycles. The second-order valence-electron chi connectivity index (χ2n) is 4.76. The van der Waals surface area contributed by atoms with Crippen LogP contribution >= 0.6 is 0 Å². The van der Waals surface area contributed by atoms with E-state index in [2.05, 4.69) is 5.32 Å². The molecule has 18 heavy (non-hydrogen) atoms. The van der Waals surface area contributed by atoms with Gasteiger partial charge in [0.2, 0.25) is 0 Å². The molecule has 0 spiro atoms. The Morgan fingerprint density at radius 3 is 3.00 bits per heavy atom. The van der Waals surface area contributed by atoms with Gasteiger partial charge in [0, 0.05) is 18.2 Å². The molecule has 2 rings (SSSR count). The van der Waals surface area contributed by atoms with Crippen LogP contribution in [0.3, 0.4) is 0 Å². The van der Waals surface area contributed by atoms with Gasteiger partial charge in [0.25, 0.3) is 0 Å². The molecule has 4 nitrogen and oxygen atoms in total. The number of hydrogen-bond acceptors (Lipinski definition) is 4. The largest absolute Gasteiger partial charge is 0.508 e. The molecule has 1 aromatic carbocycles. The Hall–Kier alpha value is -1.10. The molecule has 1 aromatic rings. The van der Waals surface area contributed by atoms with Crippen molar-refractivity contribution < 1.29 is 14.6 Å². The minimum absolute atomic E-state index is 0.0930. The van der Waals surface area contributed by atoms with Gasteiger partial charge in [-0.1, -0.05) is 17.7 Å². The molecule has 2 atom stereocenters. The first-order valence-electron chi connectivity index (χ1n) is 6.39. The Morgan fingerprint density at radius 1 is 1.44 bits per heavy atom. The van der Waals surface area contributed by atoms with Crippen LogP contribution in [0, 0.1) is 6.92 Å². The summed E-state index contributed by atoms with van der Waals surface area (Å²) in [7, 11) is 0. The van der Waals surface area contributed by atoms with Crippen LogP contribution in [0.25, 0.3) is 0 Å². The molecule has 1 saturated heterocycles. The fourth-order valence-electron chi connectivity index (χ4n) is 2.09. The van der Waals surface area contributed by atoms with E-state index in [1.54, 1.807) is 6.07 Å². The summed E-state index contributed by atoms with van der Waals surface area (Å²) in [6.45, 7) is 6.78. The van der Waals surface area contributed by atoms with Gasteiger partial charge in [-0.15, -0.1) is 0 Å². The fraction of sp³-hybridized carbons (Fsp3) is 0.571. The normalized spacial score (nSPS) is 21.8. The van der Waals surface area contributed by atoms with Crippen LogP contribution in [-0.4, -0.2) is 37.6 Å². The molecule has 0 amide bonds. The lowest BCUT2D eigenvalue weighted by atomic mass is 10.0. The molecule has 1 fully saturated rings. The molecule has 0 radical (unpaired) electrons. The lowest BCUT2D eigenvalue weighted by molar-refractivity contribution is -0.0869. The topological polar surface area (TPSA) is 50.7 Å². The molecule has 0 aromatic heterocycles. The van der Waals surface area contributed by atoms with E-state index in [1.165, 1.54) is 0 Å². The SMILES string of the molecule is Cc1ccc(O)c(C(C)NCC2COCCO2)c1. The van der Waals surface area contributed by atoms with E-state index >= 15 is 0 Å². The average molecular weight is 251 g/mol. The summed E-state index contributed by atoms with van der Waals surface area (Å²) in [5, 5.41) is 13.2. The summed E-state index contributed by atoms with van der Waals surface area (Å²) < 4.78 is 10.9. The predicted octanol–water partition coefficient (Wildman–Crippen LogP) is 1.77. The van der Waals surface area contributed by atoms with Gasteiger partial charge in [-0.3, -0.25) is 0 Å². The van der Waals surface area contributed by atoms with Crippen molar-refractivity contribution in [1.29, 1.82) is 0 Å². The van der Waals surface area contributed by atoms with Crippen LogP contribution in [0.2, 0.25) is 0 Å². The fourth-order valence-corrected chi connectivity index (χ4v) is 2.09. The van der Waals surface area contributed by atoms with Gasteiger partial charge >= 0.3 is 0 Å². The molecule has 0 bridgehead atoms. The number of phenolic OH excluding ortho intramolecular Hbond substituents is 1. The predicted molar refractivity (Wildman–Crippen MR) is 69.8 cm³/mol. The molecule has 0 saturated carbocycles. The van der Waals surface area contributed by atoms with Crippen LogP contribution in [-0.2, 0) is 9.47 Å². The quantitative estimate of drug-likeness (QED) is 0.856. The van der Waals surface area contributed by atoms with Gasteiger partial charge in [-0.05, 0) is 19.9 Å². The van der Waals surface area contributed by atoms with E-state index in [4.69, 9.17) is 9.47 Å². The molecule has 1 aliphatic heterocycles. The standard InChI is InChI=1S/C14H21NO3/c1-10-3-4-14(16)13(7-10)11(2)15-8-12-9-17-5-6-18-12/h3-4,7,11-12,15-16H,5-6,8-9H2,1-2H3. The van der Waals surface area contributed by atoms with Crippen molar-refractivity contribution in [3.05, 3.63) is 29.3 Å². The van der Waals surface area contributed by atoms with Crippen LogP contribution in [0.5, 0.6) is 5.75 Å². The number of nitrogens with one attached hydrogen (secondary N) is 1. The monoisotopic (exact) mass is 251 g/mol. The van der Waals surface area contributed by atoms with Gasteiger partial charge in [0.05, 0.1) is 25.9 Å². The summed E-state index contributed by atoms with van der Waals surface area (Å²) in [5.74, 6) is 0.335. The summed E-state index contributed by atoms with van der Waals surface area (Å²) >= 11 is 0. The van der Waals surface area contributed by atoms with Gasteiger partial charge in [0.1, 0.15) is 5.75 Å². The summed E-state index contributed by atoms with van der Waals surface area (Å²) in [5.41, 5.74) is 2.07. The van der Waals surface area contributed by atoms with Crippen LogP contribution in [0.4, 0.5) is 0 Å². The number of ether oxygens (including phenoxy) is 2. The van der Waals surface area contributed by atoms with Crippen molar-refractivity contribution >= 4 is 0 Å². The first-order valence-corrected chi connectivity index (χ1v) is 6.39. The molecule has 2 N–H and O–H groups in total. The third kappa shape index (κ3) is 3.45. The minimum Gasteiger partial charge on any atom is -0.508 e. The molecule has 100 valence electrons. The lowest BCUT2D eigenvalue weighted by Gasteiger charge is -2.25. The van der Waals surface area contributed by atoms with Crippen LogP contribution < -0.4 is 5.32 Å². The van der Waals surface area contributed by atoms with E-state index in [0.717, 1.165) is 17.7 Å². The Bertz CT molecular complexity index is 389. The molecule has 1 heterocycles. The zero-order valence-corrected chi connectivity index (χ0v) is 11.0. The second kappa shape index (κ2) is 6.18. The third-order valence-electron chi connectivity index (χ3n) is 3.19. The number of rotatable bonds is 4. The first-order chi connectivity index (χ1) is 8.66. The van der Waals surface area contributed by atoms with Crippen molar-refractivity contribution in [3.63, 3.8) is 0 Å². The Balaban J connectivity index is 1.90. The van der Waals surface area contributed by atoms with Crippen LogP contribution in [0.15, 0.2) is 18.2 Å². The maximum Gasteiger partial charge on any atom is 0.120 e. The van der Waals surface area contributed by atoms with Gasteiger partial charge in [0.15, 0.2) is 0 Å². The number of aromatic hydroxyl groups is 1. The summed E-state index contributed by atoms with van der Waals surface area (Å²) in [6, 6.07) is 5.74. The minimum atomic E-state index is 0.0930. The molecular weight excluding hydrogens is 230 g/mol. The Labute approximate surface area is 108 Å². The van der Waals surface area contributed by atoms with E-state index < -0.39 is 0 Å². The highest BCUT2D eigenvalue weighted by Gasteiger charge is 2.16. The summed E-state index contributed by atoms with van der Waals surface area (Å²) in [6.07, 6.45) is 0.105. The van der Waals surface area contributed by atoms with Crippen molar-refractivity contribution in [2.75, 3.05) is 26.4 Å². The van der Waals surface area contributed by atoms with Crippen LogP contribution in [0.1, 0.15) is 24.1 Å². The highest BCUT2D eigenvalue weighted by molar-refractivity contribution is 5.37. The molecule has 2 unspecified atom stereocenters. The number of hydrogen-bond donors (Lipinski definition) is 2. The van der Waals surface area contributed by atoms with E-state index in [9.17, 15) is 5.11 Å². The van der Waals surface area contributed by atoms with Crippen molar-refractivity contribution in [2.45, 2.75) is 26.0 Å². The highest BCUT2D eigenvalue weighted by atomic mass is 16.6. The number of phenols is 1. The lowest BCUT2D eigenvalue weighted by Crippen LogP contribution is -2.38. The maximum atomic E-state index is 9.85. The van der Waals surface area contributed by atoms with Crippen molar-refractivity contribution in [1.82, 2.24) is 5.32 Å². The average Bonchev–Trinajstić information content (AvgIpc) is 2.40. The number of benzene rings is 1. The van der Waals surface area contributed by atoms with E-state index in [-0.39, 0.29) is 12.1 Å². The van der Waals surface area contributed by atoms with Crippen molar-refractivity contribution in [2.24, 2.45) is 0 Å². The Morgan fingerprint density at radius 2 is 2.28 bits per heavy atom. The molecule has 4 heteroatoms. The number of aryl methyl sites for hydroxylation is 1. The highest BCUT2D eigenvalue weighted by Crippen LogP contribution is 2.24. The maximum absolute atomic E-state index is 9.85. The van der Waals surface area contributed by atoms with Crippen molar-refractivity contribution in [3.8, 4) is 5.75 Å². The smallest absolute Gasteiger partial charge is 0.120 e. The Kier molecular flexibility index (Phi) is 4.58. The molecule has 1 aliphatic rings. The van der Waals surface area contributed by atoms with Gasteiger partial charge in [-0.25, -0.2) is 0 Å².